The van der Waals surface area contributed by atoms with Crippen LogP contribution in [0.25, 0.3) is 6.08 Å². The highest BCUT2D eigenvalue weighted by Crippen LogP contribution is 2.60. The molecule has 0 unspecified atom stereocenters. The molecule has 0 bridgehead atoms. The minimum Gasteiger partial charge on any atom is -0.508 e. The molecular weight excluding hydrogens is 368 g/mol. The summed E-state index contributed by atoms with van der Waals surface area (Å²) in [5.74, 6) is 2.20. The van der Waals surface area contributed by atoms with Crippen LogP contribution in [0.3, 0.4) is 0 Å². The maximum absolute atomic E-state index is 13.4. The monoisotopic (exact) mass is 392 g/mol. The number of aromatic hydroxyl groups is 1. The molecule has 0 aliphatic heterocycles. The van der Waals surface area contributed by atoms with E-state index in [2.05, 4.69) is 19.1 Å². The van der Waals surface area contributed by atoms with E-state index in [1.807, 2.05) is 36.4 Å². The normalized spacial score (nSPS) is 32.7. The summed E-state index contributed by atoms with van der Waals surface area (Å²) in [5, 5.41) is 10.6. The second-order valence-corrected chi connectivity index (χ2v) is 9.45. The van der Waals surface area contributed by atoms with Crippen molar-refractivity contribution < 1.29 is 9.90 Å². The van der Waals surface area contributed by atoms with E-state index in [1.54, 1.807) is 0 Å². The number of hydrogen-bond acceptors (Lipinski definition) is 2. The van der Waals surface area contributed by atoms with Gasteiger partial charge in [0.1, 0.15) is 5.75 Å². The van der Waals surface area contributed by atoms with Crippen LogP contribution < -0.4 is 0 Å². The van der Waals surface area contributed by atoms with Crippen LogP contribution in [0.5, 0.6) is 5.75 Å². The first kappa shape index (κ1) is 18.0. The molecule has 0 radical (unpaired) electrons. The van der Waals surface area contributed by atoms with Gasteiger partial charge in [0.25, 0.3) is 0 Å². The van der Waals surface area contributed by atoms with Crippen molar-refractivity contribution in [2.24, 2.45) is 17.3 Å². The smallest absolute Gasteiger partial charge is 0.165 e. The third-order valence-electron chi connectivity index (χ3n) is 7.56. The number of carbonyl (C=O) groups is 1. The molecule has 2 aromatic carbocycles. The number of phenolic OH excluding ortho intramolecular Hbond substituents is 1. The lowest BCUT2D eigenvalue weighted by molar-refractivity contribution is -0.127. The minimum absolute atomic E-state index is 0.228. The summed E-state index contributed by atoms with van der Waals surface area (Å²) in [5.41, 5.74) is 4.50. The molecule has 3 aliphatic carbocycles. The molecule has 4 atom stereocenters. The van der Waals surface area contributed by atoms with Gasteiger partial charge in [-0.25, -0.2) is 0 Å². The van der Waals surface area contributed by atoms with E-state index in [4.69, 9.17) is 11.6 Å². The molecule has 2 fully saturated rings. The number of halogens is 1. The molecular formula is C25H25ClO2. The number of rotatable bonds is 1. The van der Waals surface area contributed by atoms with Crippen LogP contribution in [0, 0.1) is 17.3 Å². The Morgan fingerprint density at radius 3 is 2.71 bits per heavy atom. The molecule has 0 amide bonds. The number of allylic oxidation sites excluding steroid dienone is 1. The SMILES string of the molecule is C[C@]12CC[C@H]3c4ccc(O)cc4CC[C@@H]3[C@H]1C/C(=C/c1ccc(Cl)cc1)C2=O. The standard InChI is InChI=1S/C25H25ClO2/c1-25-11-10-21-20-9-7-19(27)13-16(20)4-8-22(21)23(25)14-17(24(25)28)12-15-2-5-18(26)6-3-15/h2-3,5-7,9,12-13,21-23,27H,4,8,10-11,14H2,1H3/b17-12-/t21-,22-,23+,25-/m0/s1. The highest BCUT2D eigenvalue weighted by Gasteiger charge is 2.56. The lowest BCUT2D eigenvalue weighted by Crippen LogP contribution is -2.42. The molecule has 144 valence electrons. The van der Waals surface area contributed by atoms with Crippen molar-refractivity contribution in [1.29, 1.82) is 0 Å². The van der Waals surface area contributed by atoms with E-state index in [-0.39, 0.29) is 5.41 Å². The van der Waals surface area contributed by atoms with Crippen LogP contribution in [-0.2, 0) is 11.2 Å². The van der Waals surface area contributed by atoms with E-state index in [0.717, 1.165) is 48.3 Å². The van der Waals surface area contributed by atoms with Crippen molar-refractivity contribution in [1.82, 2.24) is 0 Å². The molecule has 2 nitrogen and oxygen atoms in total. The summed E-state index contributed by atoms with van der Waals surface area (Å²) in [7, 11) is 0. The Balaban J connectivity index is 1.48. The third-order valence-corrected chi connectivity index (χ3v) is 7.81. The van der Waals surface area contributed by atoms with Gasteiger partial charge >= 0.3 is 0 Å². The van der Waals surface area contributed by atoms with Crippen LogP contribution in [0.15, 0.2) is 48.0 Å². The molecule has 0 heterocycles. The number of carbonyl (C=O) groups excluding carboxylic acids is 1. The van der Waals surface area contributed by atoms with Gasteiger partial charge in [0.15, 0.2) is 5.78 Å². The molecule has 2 aromatic rings. The Hall–Kier alpha value is -2.06. The molecule has 0 saturated heterocycles. The number of Topliss-reactive ketones (excluding diaryl/α,β-unsaturated/α-hetero) is 1. The Kier molecular flexibility index (Phi) is 4.17. The highest BCUT2D eigenvalue weighted by atomic mass is 35.5. The van der Waals surface area contributed by atoms with Crippen molar-refractivity contribution in [2.45, 2.75) is 44.9 Å². The van der Waals surface area contributed by atoms with E-state index in [1.165, 1.54) is 11.1 Å². The summed E-state index contributed by atoms with van der Waals surface area (Å²) in [6.45, 7) is 2.20. The zero-order valence-electron chi connectivity index (χ0n) is 16.1. The van der Waals surface area contributed by atoms with Crippen LogP contribution in [0.1, 0.15) is 55.2 Å². The second-order valence-electron chi connectivity index (χ2n) is 9.01. The van der Waals surface area contributed by atoms with Gasteiger partial charge in [0, 0.05) is 10.4 Å². The molecule has 1 N–H and O–H groups in total. The lowest BCUT2D eigenvalue weighted by atomic mass is 9.55. The minimum atomic E-state index is -0.228. The predicted molar refractivity (Wildman–Crippen MR) is 113 cm³/mol. The molecule has 3 aliphatic rings. The number of phenols is 1. The topological polar surface area (TPSA) is 37.3 Å². The fraction of sp³-hybridized carbons (Fsp3) is 0.400. The fourth-order valence-electron chi connectivity index (χ4n) is 6.13. The van der Waals surface area contributed by atoms with Crippen molar-refractivity contribution in [3.05, 3.63) is 69.8 Å². The molecule has 0 aromatic heterocycles. The van der Waals surface area contributed by atoms with E-state index >= 15 is 0 Å². The fourth-order valence-corrected chi connectivity index (χ4v) is 6.25. The van der Waals surface area contributed by atoms with Crippen molar-refractivity contribution in [3.8, 4) is 5.75 Å². The number of hydrogen-bond donors (Lipinski definition) is 1. The van der Waals surface area contributed by atoms with Gasteiger partial charge in [-0.2, -0.15) is 0 Å². The van der Waals surface area contributed by atoms with Crippen molar-refractivity contribution in [3.63, 3.8) is 0 Å². The lowest BCUT2D eigenvalue weighted by Gasteiger charge is -2.48. The summed E-state index contributed by atoms with van der Waals surface area (Å²) in [6.07, 6.45) is 7.09. The average molecular weight is 393 g/mol. The summed E-state index contributed by atoms with van der Waals surface area (Å²) >= 11 is 6.00. The van der Waals surface area contributed by atoms with Crippen molar-refractivity contribution >= 4 is 23.5 Å². The molecule has 0 spiro atoms. The van der Waals surface area contributed by atoms with Crippen LogP contribution >= 0.6 is 11.6 Å². The zero-order valence-corrected chi connectivity index (χ0v) is 16.9. The second kappa shape index (κ2) is 6.49. The quantitative estimate of drug-likeness (QED) is 0.589. The average Bonchev–Trinajstić information content (AvgIpc) is 2.94. The van der Waals surface area contributed by atoms with Crippen LogP contribution in [0.4, 0.5) is 0 Å². The Morgan fingerprint density at radius 1 is 1.14 bits per heavy atom. The van der Waals surface area contributed by atoms with Gasteiger partial charge in [-0.15, -0.1) is 0 Å². The van der Waals surface area contributed by atoms with Gasteiger partial charge in [0.2, 0.25) is 0 Å². The van der Waals surface area contributed by atoms with E-state index in [9.17, 15) is 9.90 Å². The summed E-state index contributed by atoms with van der Waals surface area (Å²) < 4.78 is 0. The molecule has 2 saturated carbocycles. The largest absolute Gasteiger partial charge is 0.508 e. The van der Waals surface area contributed by atoms with Gasteiger partial charge < -0.3 is 5.11 Å². The number of fused-ring (bicyclic) bond motifs is 5. The zero-order chi connectivity index (χ0) is 19.5. The Morgan fingerprint density at radius 2 is 1.93 bits per heavy atom. The van der Waals surface area contributed by atoms with E-state index < -0.39 is 0 Å². The Bertz CT molecular complexity index is 975. The van der Waals surface area contributed by atoms with Crippen molar-refractivity contribution in [2.75, 3.05) is 0 Å². The van der Waals surface area contributed by atoms with Crippen LogP contribution in [0.2, 0.25) is 5.02 Å². The van der Waals surface area contributed by atoms with Crippen LogP contribution in [-0.4, -0.2) is 10.9 Å². The first-order valence-electron chi connectivity index (χ1n) is 10.3. The first-order valence-corrected chi connectivity index (χ1v) is 10.7. The summed E-state index contributed by atoms with van der Waals surface area (Å²) in [6, 6.07) is 13.6. The molecule has 3 heteroatoms. The van der Waals surface area contributed by atoms with Gasteiger partial charge in [-0.3, -0.25) is 4.79 Å². The predicted octanol–water partition coefficient (Wildman–Crippen LogP) is 6.16. The maximum atomic E-state index is 13.4. The maximum Gasteiger partial charge on any atom is 0.165 e. The first-order chi connectivity index (χ1) is 13.5. The third kappa shape index (κ3) is 2.73. The highest BCUT2D eigenvalue weighted by molar-refractivity contribution is 6.30. The molecule has 28 heavy (non-hydrogen) atoms. The van der Waals surface area contributed by atoms with Gasteiger partial charge in [0.05, 0.1) is 0 Å². The number of benzene rings is 2. The number of aryl methyl sites for hydroxylation is 1. The van der Waals surface area contributed by atoms with Gasteiger partial charge in [-0.05, 0) is 102 Å². The Labute approximate surface area is 171 Å². The number of ketones is 1. The van der Waals surface area contributed by atoms with Gasteiger partial charge in [-0.1, -0.05) is 36.7 Å². The molecule has 5 rings (SSSR count). The van der Waals surface area contributed by atoms with E-state index in [0.29, 0.717) is 29.3 Å². The summed E-state index contributed by atoms with van der Waals surface area (Å²) in [4.78, 5) is 13.4.